The van der Waals surface area contributed by atoms with E-state index >= 15 is 0 Å². The van der Waals surface area contributed by atoms with E-state index in [4.69, 9.17) is 0 Å². The summed E-state index contributed by atoms with van der Waals surface area (Å²) in [6, 6.07) is 2.63. The summed E-state index contributed by atoms with van der Waals surface area (Å²) in [4.78, 5) is 0. The van der Waals surface area contributed by atoms with Crippen LogP contribution in [0.3, 0.4) is 0 Å². The molecule has 2 rings (SSSR count). The molecule has 0 saturated carbocycles. The van der Waals surface area contributed by atoms with Gasteiger partial charge in [0.15, 0.2) is 5.03 Å². The van der Waals surface area contributed by atoms with Crippen LogP contribution in [0.4, 0.5) is 0 Å². The van der Waals surface area contributed by atoms with E-state index in [0.717, 1.165) is 0 Å². The second kappa shape index (κ2) is 2.70. The van der Waals surface area contributed by atoms with Gasteiger partial charge in [0.2, 0.25) is 14.9 Å². The van der Waals surface area contributed by atoms with Gasteiger partial charge in [-0.1, -0.05) is 5.16 Å². The molecular weight excluding hydrogens is 194 g/mol. The summed E-state index contributed by atoms with van der Waals surface area (Å²) in [5.41, 5.74) is 0. The Morgan fingerprint density at radius 2 is 2.23 bits per heavy atom. The molecule has 7 heteroatoms. The lowest BCUT2D eigenvalue weighted by Crippen LogP contribution is -2.02. The summed E-state index contributed by atoms with van der Waals surface area (Å²) in [5, 5.41) is 9.09. The van der Waals surface area contributed by atoms with Crippen molar-refractivity contribution in [1.29, 1.82) is 0 Å². The third kappa shape index (κ3) is 1.22. The number of aromatic nitrogens is 3. The third-order valence-corrected chi connectivity index (χ3v) is 3.02. The third-order valence-electron chi connectivity index (χ3n) is 1.45. The topological polar surface area (TPSA) is 88.8 Å². The Morgan fingerprint density at radius 1 is 1.38 bits per heavy atom. The molecule has 0 unspecified atom stereocenters. The van der Waals surface area contributed by atoms with E-state index in [2.05, 4.69) is 19.9 Å². The Labute approximate surface area is 73.5 Å². The maximum absolute atomic E-state index is 11.6. The highest BCUT2D eigenvalue weighted by Gasteiger charge is 2.21. The Balaban J connectivity index is 2.56. The second-order valence-corrected chi connectivity index (χ2v) is 4.13. The van der Waals surface area contributed by atoms with Gasteiger partial charge in [-0.3, -0.25) is 5.10 Å². The molecule has 0 aromatic carbocycles. The van der Waals surface area contributed by atoms with Gasteiger partial charge in [-0.15, -0.1) is 0 Å². The molecule has 0 aliphatic heterocycles. The van der Waals surface area contributed by atoms with Gasteiger partial charge in [0.05, 0.1) is 6.20 Å². The predicted molar refractivity (Wildman–Crippen MR) is 40.5 cm³/mol. The highest BCUT2D eigenvalue weighted by Crippen LogP contribution is 2.15. The lowest BCUT2D eigenvalue weighted by molar-refractivity contribution is 0.400. The van der Waals surface area contributed by atoms with Gasteiger partial charge < -0.3 is 4.52 Å². The summed E-state index contributed by atoms with van der Waals surface area (Å²) in [5.74, 6) is 0. The highest BCUT2D eigenvalue weighted by molar-refractivity contribution is 7.91. The fourth-order valence-electron chi connectivity index (χ4n) is 0.846. The smallest absolute Gasteiger partial charge is 0.243 e. The van der Waals surface area contributed by atoms with Gasteiger partial charge in [0.1, 0.15) is 6.26 Å². The molecule has 2 heterocycles. The maximum Gasteiger partial charge on any atom is 0.243 e. The van der Waals surface area contributed by atoms with Crippen LogP contribution in [0.1, 0.15) is 0 Å². The van der Waals surface area contributed by atoms with E-state index in [9.17, 15) is 8.42 Å². The van der Waals surface area contributed by atoms with Crippen LogP contribution in [0.2, 0.25) is 0 Å². The van der Waals surface area contributed by atoms with Crippen LogP contribution < -0.4 is 0 Å². The van der Waals surface area contributed by atoms with Crippen LogP contribution in [0, 0.1) is 0 Å². The number of nitrogens with one attached hydrogen (secondary N) is 1. The first-order valence-corrected chi connectivity index (χ1v) is 4.84. The Bertz CT molecular complexity index is 431. The zero-order valence-corrected chi connectivity index (χ0v) is 7.15. The van der Waals surface area contributed by atoms with E-state index < -0.39 is 9.84 Å². The molecule has 68 valence electrons. The lowest BCUT2D eigenvalue weighted by Gasteiger charge is -1.93. The molecule has 2 aromatic rings. The lowest BCUT2D eigenvalue weighted by atomic mass is 10.7. The largest absolute Gasteiger partial charge is 0.363 e. The number of sulfone groups is 1. The van der Waals surface area contributed by atoms with Gasteiger partial charge in [0, 0.05) is 6.07 Å². The van der Waals surface area contributed by atoms with Crippen molar-refractivity contribution < 1.29 is 12.9 Å². The Kier molecular flexibility index (Phi) is 1.66. The molecule has 0 spiro atoms. The van der Waals surface area contributed by atoms with E-state index in [0.29, 0.717) is 0 Å². The molecule has 0 aliphatic carbocycles. The van der Waals surface area contributed by atoms with Crippen molar-refractivity contribution >= 4 is 9.84 Å². The van der Waals surface area contributed by atoms with Crippen molar-refractivity contribution in [3.8, 4) is 0 Å². The Hall–Kier alpha value is -1.63. The summed E-state index contributed by atoms with van der Waals surface area (Å²) >= 11 is 0. The van der Waals surface area contributed by atoms with Crippen molar-refractivity contribution in [2.45, 2.75) is 10.1 Å². The van der Waals surface area contributed by atoms with Crippen molar-refractivity contribution in [3.05, 3.63) is 24.6 Å². The van der Waals surface area contributed by atoms with Gasteiger partial charge in [-0.2, -0.15) is 5.10 Å². The van der Waals surface area contributed by atoms with E-state index in [-0.39, 0.29) is 10.1 Å². The minimum absolute atomic E-state index is 0.00130. The fraction of sp³-hybridized carbons (Fsp3) is 0. The number of nitrogens with zero attached hydrogens (tertiary/aromatic N) is 2. The molecule has 0 radical (unpaired) electrons. The summed E-state index contributed by atoms with van der Waals surface area (Å²) in [6.07, 6.45) is 2.55. The SMILES string of the molecule is O=S(=O)(c1ccon1)c1ccn[nH]1. The average Bonchev–Trinajstić information content (AvgIpc) is 2.78. The molecule has 6 nitrogen and oxygen atoms in total. The van der Waals surface area contributed by atoms with Crippen LogP contribution in [0.5, 0.6) is 0 Å². The first-order chi connectivity index (χ1) is 6.21. The van der Waals surface area contributed by atoms with E-state index in [1.165, 1.54) is 24.6 Å². The summed E-state index contributed by atoms with van der Waals surface area (Å²) in [6.45, 7) is 0. The van der Waals surface area contributed by atoms with Crippen molar-refractivity contribution in [2.24, 2.45) is 0 Å². The first-order valence-electron chi connectivity index (χ1n) is 3.36. The number of H-pyrrole nitrogens is 1. The van der Waals surface area contributed by atoms with Gasteiger partial charge in [0.25, 0.3) is 0 Å². The van der Waals surface area contributed by atoms with Gasteiger partial charge >= 0.3 is 0 Å². The molecule has 0 saturated heterocycles. The zero-order valence-electron chi connectivity index (χ0n) is 6.34. The van der Waals surface area contributed by atoms with E-state index in [1.54, 1.807) is 0 Å². The highest BCUT2D eigenvalue weighted by atomic mass is 32.2. The standard InChI is InChI=1S/C6H5N3O3S/c10-13(11,5-1-3-7-8-5)6-2-4-12-9-6/h1-4H,(H,7,8). The quantitative estimate of drug-likeness (QED) is 0.747. The zero-order chi connectivity index (χ0) is 9.31. The van der Waals surface area contributed by atoms with Crippen molar-refractivity contribution in [2.75, 3.05) is 0 Å². The minimum atomic E-state index is -3.58. The van der Waals surface area contributed by atoms with E-state index in [1.807, 2.05) is 0 Å². The molecule has 2 aromatic heterocycles. The van der Waals surface area contributed by atoms with Gasteiger partial charge in [-0.25, -0.2) is 8.42 Å². The second-order valence-electron chi connectivity index (χ2n) is 2.26. The molecule has 0 amide bonds. The molecule has 13 heavy (non-hydrogen) atoms. The number of rotatable bonds is 2. The van der Waals surface area contributed by atoms with Crippen LogP contribution >= 0.6 is 0 Å². The summed E-state index contributed by atoms with van der Waals surface area (Å²) < 4.78 is 27.6. The van der Waals surface area contributed by atoms with Crippen LogP contribution in [0.15, 0.2) is 39.2 Å². The normalized spacial score (nSPS) is 11.7. The maximum atomic E-state index is 11.6. The molecular formula is C6H5N3O3S. The van der Waals surface area contributed by atoms with Crippen LogP contribution in [-0.4, -0.2) is 23.8 Å². The molecule has 0 aliphatic rings. The van der Waals surface area contributed by atoms with Crippen molar-refractivity contribution in [3.63, 3.8) is 0 Å². The number of aromatic amines is 1. The Morgan fingerprint density at radius 3 is 2.77 bits per heavy atom. The fourth-order valence-corrected chi connectivity index (χ4v) is 1.86. The molecule has 1 N–H and O–H groups in total. The van der Waals surface area contributed by atoms with Crippen molar-refractivity contribution in [1.82, 2.24) is 15.4 Å². The predicted octanol–water partition coefficient (Wildman–Crippen LogP) is 0.230. The molecule has 0 atom stereocenters. The average molecular weight is 199 g/mol. The minimum Gasteiger partial charge on any atom is -0.363 e. The molecule has 0 bridgehead atoms. The summed E-state index contributed by atoms with van der Waals surface area (Å²) in [7, 11) is -3.58. The van der Waals surface area contributed by atoms with Crippen LogP contribution in [0.25, 0.3) is 0 Å². The van der Waals surface area contributed by atoms with Gasteiger partial charge in [-0.05, 0) is 6.07 Å². The number of hydrogen-bond acceptors (Lipinski definition) is 5. The first kappa shape index (κ1) is 7.99. The number of hydrogen-bond donors (Lipinski definition) is 1. The monoisotopic (exact) mass is 199 g/mol. The molecule has 0 fully saturated rings. The van der Waals surface area contributed by atoms with Crippen LogP contribution in [-0.2, 0) is 9.84 Å².